The quantitative estimate of drug-likeness (QED) is 0.345. The van der Waals surface area contributed by atoms with Crippen LogP contribution in [0.25, 0.3) is 5.76 Å². The van der Waals surface area contributed by atoms with Crippen molar-refractivity contribution in [3.8, 4) is 0 Å². The van der Waals surface area contributed by atoms with Crippen LogP contribution in [-0.4, -0.2) is 16.8 Å². The molecule has 1 amide bonds. The van der Waals surface area contributed by atoms with E-state index in [9.17, 15) is 14.7 Å². The summed E-state index contributed by atoms with van der Waals surface area (Å²) in [6.45, 7) is 5.73. The molecule has 1 atom stereocenters. The monoisotopic (exact) mass is 421 g/mol. The summed E-state index contributed by atoms with van der Waals surface area (Å²) in [4.78, 5) is 27.4. The van der Waals surface area contributed by atoms with E-state index in [1.807, 2.05) is 26.8 Å². The van der Waals surface area contributed by atoms with E-state index in [1.54, 1.807) is 42.5 Å². The van der Waals surface area contributed by atoms with E-state index in [-0.39, 0.29) is 11.3 Å². The summed E-state index contributed by atoms with van der Waals surface area (Å²) in [5.41, 5.74) is 3.77. The number of ketones is 1. The molecule has 30 heavy (non-hydrogen) atoms. The Kier molecular flexibility index (Phi) is 5.00. The zero-order chi connectivity index (χ0) is 21.6. The van der Waals surface area contributed by atoms with Crippen molar-refractivity contribution in [3.63, 3.8) is 0 Å². The van der Waals surface area contributed by atoms with Gasteiger partial charge in [0.2, 0.25) is 0 Å². The van der Waals surface area contributed by atoms with Crippen LogP contribution in [0.15, 0.2) is 64.8 Å². The number of anilines is 1. The smallest absolute Gasteiger partial charge is 0.300 e. The molecule has 2 aromatic carbocycles. The van der Waals surface area contributed by atoms with Gasteiger partial charge in [0.15, 0.2) is 0 Å². The highest BCUT2D eigenvalue weighted by molar-refractivity contribution is 6.51. The molecule has 1 aliphatic rings. The number of aryl methyl sites for hydroxylation is 3. The third-order valence-corrected chi connectivity index (χ3v) is 5.88. The first kappa shape index (κ1) is 20.0. The second-order valence-corrected chi connectivity index (χ2v) is 7.82. The Hall–Kier alpha value is -3.31. The number of furan rings is 1. The van der Waals surface area contributed by atoms with Crippen molar-refractivity contribution in [1.82, 2.24) is 0 Å². The average molecular weight is 422 g/mol. The van der Waals surface area contributed by atoms with Crippen LogP contribution in [0.3, 0.4) is 0 Å². The number of hydrogen-bond donors (Lipinski definition) is 1. The standard InChI is InChI=1S/C24H20ClNO4/c1-13-6-8-16(11-15(13)3)22(27)20-21(19-5-4-10-30-19)26(24(29)23(20)28)17-9-7-14(2)18(25)12-17/h4-12,21,27H,1-3H3/b22-20-. The van der Waals surface area contributed by atoms with E-state index in [0.717, 1.165) is 16.7 Å². The Balaban J connectivity index is 1.93. The fourth-order valence-electron chi connectivity index (χ4n) is 3.59. The van der Waals surface area contributed by atoms with Gasteiger partial charge in [0.05, 0.1) is 11.8 Å². The number of carbonyl (C=O) groups excluding carboxylic acids is 2. The number of rotatable bonds is 3. The van der Waals surface area contributed by atoms with Crippen LogP contribution in [-0.2, 0) is 9.59 Å². The predicted octanol–water partition coefficient (Wildman–Crippen LogP) is 5.48. The molecule has 4 rings (SSSR count). The molecule has 6 heteroatoms. The topological polar surface area (TPSA) is 70.8 Å². The summed E-state index contributed by atoms with van der Waals surface area (Å²) in [5, 5.41) is 11.5. The lowest BCUT2D eigenvalue weighted by Crippen LogP contribution is -2.29. The third-order valence-electron chi connectivity index (χ3n) is 5.47. The molecule has 1 fully saturated rings. The number of aliphatic hydroxyl groups is 1. The minimum absolute atomic E-state index is 0.0186. The van der Waals surface area contributed by atoms with Gasteiger partial charge >= 0.3 is 0 Å². The van der Waals surface area contributed by atoms with Gasteiger partial charge in [-0.3, -0.25) is 14.5 Å². The van der Waals surface area contributed by atoms with Crippen LogP contribution in [0, 0.1) is 20.8 Å². The van der Waals surface area contributed by atoms with Crippen LogP contribution in [0.2, 0.25) is 5.02 Å². The molecule has 0 bridgehead atoms. The van der Waals surface area contributed by atoms with Crippen LogP contribution < -0.4 is 4.90 Å². The van der Waals surface area contributed by atoms with Crippen molar-refractivity contribution >= 4 is 34.7 Å². The molecular formula is C24H20ClNO4. The van der Waals surface area contributed by atoms with Crippen molar-refractivity contribution < 1.29 is 19.1 Å². The molecule has 1 saturated heterocycles. The average Bonchev–Trinajstić information content (AvgIpc) is 3.33. The first-order valence-corrected chi connectivity index (χ1v) is 9.85. The van der Waals surface area contributed by atoms with Gasteiger partial charge in [-0.1, -0.05) is 29.8 Å². The SMILES string of the molecule is Cc1ccc(/C(O)=C2/C(=O)C(=O)N(c3ccc(C)c(Cl)c3)C2c2ccco2)cc1C. The fourth-order valence-corrected chi connectivity index (χ4v) is 3.77. The molecule has 0 radical (unpaired) electrons. The summed E-state index contributed by atoms with van der Waals surface area (Å²) in [6, 6.07) is 13.0. The Morgan fingerprint density at radius 1 is 1.00 bits per heavy atom. The molecule has 0 aliphatic carbocycles. The number of halogens is 1. The lowest BCUT2D eigenvalue weighted by molar-refractivity contribution is -0.132. The highest BCUT2D eigenvalue weighted by Gasteiger charge is 2.48. The lowest BCUT2D eigenvalue weighted by atomic mass is 9.97. The van der Waals surface area contributed by atoms with Crippen LogP contribution in [0.5, 0.6) is 0 Å². The summed E-state index contributed by atoms with van der Waals surface area (Å²) in [7, 11) is 0. The van der Waals surface area contributed by atoms with Gasteiger partial charge in [0.25, 0.3) is 11.7 Å². The third kappa shape index (κ3) is 3.21. The highest BCUT2D eigenvalue weighted by Crippen LogP contribution is 2.43. The van der Waals surface area contributed by atoms with E-state index in [2.05, 4.69) is 0 Å². The first-order chi connectivity index (χ1) is 14.3. The molecule has 1 aliphatic heterocycles. The van der Waals surface area contributed by atoms with Gasteiger partial charge in [0, 0.05) is 16.3 Å². The minimum Gasteiger partial charge on any atom is -0.507 e. The summed E-state index contributed by atoms with van der Waals surface area (Å²) < 4.78 is 5.55. The van der Waals surface area contributed by atoms with Crippen LogP contribution in [0.1, 0.15) is 34.1 Å². The van der Waals surface area contributed by atoms with Crippen LogP contribution in [0.4, 0.5) is 5.69 Å². The molecule has 2 heterocycles. The Bertz CT molecular complexity index is 1190. The molecule has 1 unspecified atom stereocenters. The van der Waals surface area contributed by atoms with E-state index in [0.29, 0.717) is 22.0 Å². The van der Waals surface area contributed by atoms with Crippen molar-refractivity contribution in [2.75, 3.05) is 4.90 Å². The molecule has 1 aromatic heterocycles. The van der Waals surface area contributed by atoms with E-state index in [4.69, 9.17) is 16.0 Å². The second-order valence-electron chi connectivity index (χ2n) is 7.42. The number of Topliss-reactive ketones (excluding diaryl/α,β-unsaturated/α-hetero) is 1. The van der Waals surface area contributed by atoms with Crippen LogP contribution >= 0.6 is 11.6 Å². The maximum atomic E-state index is 13.0. The second kappa shape index (κ2) is 7.50. The highest BCUT2D eigenvalue weighted by atomic mass is 35.5. The van der Waals surface area contributed by atoms with E-state index < -0.39 is 17.7 Å². The molecule has 152 valence electrons. The van der Waals surface area contributed by atoms with Crippen molar-refractivity contribution in [2.45, 2.75) is 26.8 Å². The Morgan fingerprint density at radius 2 is 1.73 bits per heavy atom. The fraction of sp³-hybridized carbons (Fsp3) is 0.167. The van der Waals surface area contributed by atoms with Gasteiger partial charge in [-0.25, -0.2) is 0 Å². The summed E-state index contributed by atoms with van der Waals surface area (Å²) >= 11 is 6.27. The molecular weight excluding hydrogens is 402 g/mol. The molecule has 5 nitrogen and oxygen atoms in total. The Labute approximate surface area is 179 Å². The van der Waals surface area contributed by atoms with Gasteiger partial charge in [-0.15, -0.1) is 0 Å². The van der Waals surface area contributed by atoms with Crippen molar-refractivity contribution in [1.29, 1.82) is 0 Å². The van der Waals surface area contributed by atoms with Gasteiger partial charge in [0.1, 0.15) is 17.6 Å². The number of nitrogens with zero attached hydrogens (tertiary/aromatic N) is 1. The lowest BCUT2D eigenvalue weighted by Gasteiger charge is -2.23. The molecule has 3 aromatic rings. The van der Waals surface area contributed by atoms with Gasteiger partial charge in [-0.05, 0) is 67.8 Å². The van der Waals surface area contributed by atoms with Gasteiger partial charge < -0.3 is 9.52 Å². The molecule has 1 N–H and O–H groups in total. The number of hydrogen-bond acceptors (Lipinski definition) is 4. The minimum atomic E-state index is -0.902. The first-order valence-electron chi connectivity index (χ1n) is 9.47. The van der Waals surface area contributed by atoms with E-state index in [1.165, 1.54) is 11.2 Å². The van der Waals surface area contributed by atoms with Crippen molar-refractivity contribution in [3.05, 3.63) is 93.4 Å². The largest absolute Gasteiger partial charge is 0.507 e. The summed E-state index contributed by atoms with van der Waals surface area (Å²) in [5.74, 6) is -1.39. The number of carbonyl (C=O) groups is 2. The maximum absolute atomic E-state index is 13.0. The number of aliphatic hydroxyl groups excluding tert-OH is 1. The zero-order valence-corrected chi connectivity index (χ0v) is 17.5. The normalized spacial score (nSPS) is 18.3. The Morgan fingerprint density at radius 3 is 2.37 bits per heavy atom. The van der Waals surface area contributed by atoms with Gasteiger partial charge in [-0.2, -0.15) is 0 Å². The number of benzene rings is 2. The van der Waals surface area contributed by atoms with Crippen molar-refractivity contribution in [2.24, 2.45) is 0 Å². The molecule has 0 saturated carbocycles. The van der Waals surface area contributed by atoms with E-state index >= 15 is 0 Å². The predicted molar refractivity (Wildman–Crippen MR) is 116 cm³/mol. The summed E-state index contributed by atoms with van der Waals surface area (Å²) in [6.07, 6.45) is 1.47. The maximum Gasteiger partial charge on any atom is 0.300 e. The molecule has 0 spiro atoms. The number of amides is 1. The zero-order valence-electron chi connectivity index (χ0n) is 16.8.